The van der Waals surface area contributed by atoms with Gasteiger partial charge in [-0.05, 0) is 38.3 Å². The molecule has 7 nitrogen and oxygen atoms in total. The summed E-state index contributed by atoms with van der Waals surface area (Å²) in [4.78, 5) is 29.3. The number of hydrogen-bond donors (Lipinski definition) is 0. The highest BCUT2D eigenvalue weighted by molar-refractivity contribution is 8.13. The van der Waals surface area contributed by atoms with Crippen LogP contribution in [0.5, 0.6) is 0 Å². The fourth-order valence-electron chi connectivity index (χ4n) is 2.96. The number of benzene rings is 1. The molecule has 0 bridgehead atoms. The summed E-state index contributed by atoms with van der Waals surface area (Å²) in [6.07, 6.45) is 1.89. The first kappa shape index (κ1) is 17.9. The molecule has 2 aromatic rings. The second kappa shape index (κ2) is 7.17. The molecule has 1 aromatic heterocycles. The molecule has 3 rings (SSSR count). The topological polar surface area (TPSA) is 89.0 Å². The van der Waals surface area contributed by atoms with Gasteiger partial charge in [0.15, 0.2) is 11.0 Å². The van der Waals surface area contributed by atoms with Crippen molar-refractivity contribution >= 4 is 34.3 Å². The summed E-state index contributed by atoms with van der Waals surface area (Å²) < 4.78 is 5.33. The van der Waals surface area contributed by atoms with E-state index in [0.717, 1.165) is 11.4 Å². The van der Waals surface area contributed by atoms with E-state index < -0.39 is 11.0 Å². The molecule has 0 spiro atoms. The molecule has 1 atom stereocenters. The molecule has 0 radical (unpaired) electrons. The largest absolute Gasteiger partial charge is 0.433 e. The number of aliphatic imine (C=N–C) groups is 1. The van der Waals surface area contributed by atoms with Crippen molar-refractivity contribution in [2.75, 3.05) is 11.2 Å². The third kappa shape index (κ3) is 3.15. The lowest BCUT2D eigenvalue weighted by molar-refractivity contribution is -0.402. The molecule has 0 unspecified atom stereocenters. The van der Waals surface area contributed by atoms with E-state index in [-0.39, 0.29) is 17.4 Å². The van der Waals surface area contributed by atoms with Gasteiger partial charge in [0.2, 0.25) is 0 Å². The molecule has 0 amide bonds. The van der Waals surface area contributed by atoms with Crippen molar-refractivity contribution in [1.29, 1.82) is 0 Å². The quantitative estimate of drug-likeness (QED) is 0.587. The van der Waals surface area contributed by atoms with E-state index in [1.807, 2.05) is 48.4 Å². The van der Waals surface area contributed by atoms with Gasteiger partial charge in [-0.2, -0.15) is 0 Å². The Bertz CT molecular complexity index is 918. The summed E-state index contributed by atoms with van der Waals surface area (Å²) in [6.45, 7) is 3.31. The van der Waals surface area contributed by atoms with E-state index in [1.54, 1.807) is 0 Å². The number of hydrogen-bond acceptors (Lipinski definition) is 7. The zero-order valence-corrected chi connectivity index (χ0v) is 15.3. The number of rotatable bonds is 4. The molecular weight excluding hydrogens is 354 g/mol. The van der Waals surface area contributed by atoms with Crippen molar-refractivity contribution < 1.29 is 14.1 Å². The Morgan fingerprint density at radius 1 is 1.27 bits per heavy atom. The number of para-hydroxylation sites is 1. The molecule has 0 saturated carbocycles. The Morgan fingerprint density at radius 3 is 2.50 bits per heavy atom. The summed E-state index contributed by atoms with van der Waals surface area (Å²) in [7, 11) is 0. The van der Waals surface area contributed by atoms with Crippen LogP contribution in [-0.2, 0) is 4.79 Å². The van der Waals surface area contributed by atoms with E-state index in [2.05, 4.69) is 4.99 Å². The van der Waals surface area contributed by atoms with Crippen LogP contribution in [-0.4, -0.2) is 22.1 Å². The first-order chi connectivity index (χ1) is 12.4. The Labute approximate surface area is 154 Å². The summed E-state index contributed by atoms with van der Waals surface area (Å²) >= 11 is 1.43. The van der Waals surface area contributed by atoms with Crippen molar-refractivity contribution in [3.8, 4) is 0 Å². The lowest BCUT2D eigenvalue weighted by atomic mass is 9.97. The van der Waals surface area contributed by atoms with Crippen LogP contribution < -0.4 is 4.90 Å². The number of amidine groups is 1. The first-order valence-corrected chi connectivity index (χ1v) is 9.09. The molecule has 134 valence electrons. The van der Waals surface area contributed by atoms with Gasteiger partial charge in [-0.3, -0.25) is 19.8 Å². The number of ketones is 1. The zero-order valence-electron chi connectivity index (χ0n) is 14.5. The highest BCUT2D eigenvalue weighted by Crippen LogP contribution is 2.39. The predicted molar refractivity (Wildman–Crippen MR) is 101 cm³/mol. The van der Waals surface area contributed by atoms with Crippen LogP contribution in [0.25, 0.3) is 0 Å². The number of carbonyl (C=O) groups is 1. The van der Waals surface area contributed by atoms with Crippen LogP contribution >= 0.6 is 11.8 Å². The molecule has 1 aromatic carbocycles. The normalized spacial score (nSPS) is 17.3. The Balaban J connectivity index is 2.14. The molecular formula is C18H17N3O4S. The van der Waals surface area contributed by atoms with Gasteiger partial charge in [-0.25, -0.2) is 4.99 Å². The number of furan rings is 1. The molecule has 0 N–H and O–H groups in total. The van der Waals surface area contributed by atoms with Gasteiger partial charge in [-0.1, -0.05) is 30.0 Å². The standard InChI is InChI=1S/C18H17N3O4S/c1-11-16(12(2)22)17(14-9-10-15(25-14)21(23)24)19-18(26-3)20(11)13-7-5-4-6-8-13/h4-10,17H,1-3H3/t17-/m0/s1. The van der Waals surface area contributed by atoms with Crippen molar-refractivity contribution in [3.05, 3.63) is 69.6 Å². The van der Waals surface area contributed by atoms with Gasteiger partial charge in [-0.15, -0.1) is 0 Å². The summed E-state index contributed by atoms with van der Waals surface area (Å²) in [5, 5.41) is 11.6. The van der Waals surface area contributed by atoms with Gasteiger partial charge < -0.3 is 4.42 Å². The van der Waals surface area contributed by atoms with Crippen LogP contribution in [0.4, 0.5) is 11.6 Å². The fraction of sp³-hybridized carbons (Fsp3) is 0.222. The highest BCUT2D eigenvalue weighted by atomic mass is 32.2. The smallest absolute Gasteiger partial charge is 0.403 e. The molecule has 26 heavy (non-hydrogen) atoms. The number of carbonyl (C=O) groups excluding carboxylic acids is 1. The van der Waals surface area contributed by atoms with Gasteiger partial charge in [0.25, 0.3) is 0 Å². The molecule has 0 aliphatic carbocycles. The minimum atomic E-state index is -0.705. The lowest BCUT2D eigenvalue weighted by Gasteiger charge is -2.33. The van der Waals surface area contributed by atoms with Crippen LogP contribution in [0, 0.1) is 10.1 Å². The van der Waals surface area contributed by atoms with Crippen molar-refractivity contribution in [1.82, 2.24) is 0 Å². The van der Waals surface area contributed by atoms with Crippen LogP contribution in [0.3, 0.4) is 0 Å². The number of nitrogens with zero attached hydrogens (tertiary/aromatic N) is 3. The highest BCUT2D eigenvalue weighted by Gasteiger charge is 2.34. The van der Waals surface area contributed by atoms with Crippen molar-refractivity contribution in [2.24, 2.45) is 4.99 Å². The number of nitro groups is 1. The van der Waals surface area contributed by atoms with Gasteiger partial charge in [0, 0.05) is 17.0 Å². The first-order valence-electron chi connectivity index (χ1n) is 7.86. The number of anilines is 1. The summed E-state index contributed by atoms with van der Waals surface area (Å²) in [6, 6.07) is 11.7. The minimum Gasteiger partial charge on any atom is -0.403 e. The average molecular weight is 371 g/mol. The van der Waals surface area contributed by atoms with Crippen molar-refractivity contribution in [3.63, 3.8) is 0 Å². The maximum absolute atomic E-state index is 12.4. The Morgan fingerprint density at radius 2 is 1.96 bits per heavy atom. The maximum Gasteiger partial charge on any atom is 0.433 e. The molecule has 0 saturated heterocycles. The van der Waals surface area contributed by atoms with Crippen molar-refractivity contribution in [2.45, 2.75) is 19.9 Å². The summed E-state index contributed by atoms with van der Waals surface area (Å²) in [5.41, 5.74) is 2.07. The van der Waals surface area contributed by atoms with E-state index in [1.165, 1.54) is 30.8 Å². The zero-order chi connectivity index (χ0) is 18.8. The molecule has 1 aliphatic rings. The molecule has 2 heterocycles. The Kier molecular flexibility index (Phi) is 4.94. The van der Waals surface area contributed by atoms with E-state index in [4.69, 9.17) is 4.42 Å². The van der Waals surface area contributed by atoms with Crippen LogP contribution in [0.2, 0.25) is 0 Å². The molecule has 0 fully saturated rings. The minimum absolute atomic E-state index is 0.156. The third-order valence-corrected chi connectivity index (χ3v) is 4.72. The SMILES string of the molecule is CSC1=N[C@@H](c2ccc([N+](=O)[O-])o2)C(C(C)=O)=C(C)N1c1ccccc1. The van der Waals surface area contributed by atoms with E-state index in [0.29, 0.717) is 10.7 Å². The fourth-order valence-corrected chi connectivity index (χ4v) is 3.60. The lowest BCUT2D eigenvalue weighted by Crippen LogP contribution is -2.34. The number of allylic oxidation sites excluding steroid dienone is 1. The van der Waals surface area contributed by atoms with Gasteiger partial charge in [0.05, 0.1) is 6.07 Å². The Hall–Kier alpha value is -2.87. The monoisotopic (exact) mass is 371 g/mol. The molecule has 8 heteroatoms. The van der Waals surface area contributed by atoms with Gasteiger partial charge >= 0.3 is 5.88 Å². The predicted octanol–water partition coefficient (Wildman–Crippen LogP) is 4.33. The van der Waals surface area contributed by atoms with Crippen LogP contribution in [0.15, 0.2) is 63.1 Å². The maximum atomic E-state index is 12.4. The number of thioether (sulfide) groups is 1. The second-order valence-corrected chi connectivity index (χ2v) is 6.45. The number of Topliss-reactive ketones (excluding diaryl/α,β-unsaturated/α-hetero) is 1. The second-order valence-electron chi connectivity index (χ2n) is 5.68. The van der Waals surface area contributed by atoms with Gasteiger partial charge in [0.1, 0.15) is 16.7 Å². The van der Waals surface area contributed by atoms with E-state index >= 15 is 0 Å². The third-order valence-electron chi connectivity index (χ3n) is 4.07. The summed E-state index contributed by atoms with van der Waals surface area (Å²) in [5.74, 6) is -0.246. The average Bonchev–Trinajstić information content (AvgIpc) is 3.11. The van der Waals surface area contributed by atoms with Crippen LogP contribution in [0.1, 0.15) is 25.6 Å². The molecule has 1 aliphatic heterocycles. The van der Waals surface area contributed by atoms with E-state index in [9.17, 15) is 14.9 Å².